The van der Waals surface area contributed by atoms with Gasteiger partial charge >= 0.3 is 0 Å². The lowest BCUT2D eigenvalue weighted by Crippen LogP contribution is -2.50. The zero-order chi connectivity index (χ0) is 23.0. The minimum absolute atomic E-state index is 0.183. The molecular weight excluding hydrogens is 414 g/mol. The number of likely N-dealkylation sites (N-methyl/N-ethyl adjacent to an activating group) is 1. The number of benzene rings is 1. The molecule has 2 saturated heterocycles. The number of hydrogen-bond donors (Lipinski definition) is 0. The molecule has 1 atom stereocenters. The molecule has 2 aliphatic rings. The van der Waals surface area contributed by atoms with Crippen LogP contribution in [0.25, 0.3) is 0 Å². The number of carbonyl (C=O) groups is 1. The molecule has 0 N–H and O–H groups in total. The first-order valence-electron chi connectivity index (χ1n) is 12.1. The Morgan fingerprint density at radius 3 is 2.70 bits per heavy atom. The van der Waals surface area contributed by atoms with Gasteiger partial charge in [0.25, 0.3) is 0 Å². The van der Waals surface area contributed by atoms with E-state index in [1.54, 1.807) is 7.11 Å². The summed E-state index contributed by atoms with van der Waals surface area (Å²) >= 11 is 0. The molecule has 2 fully saturated rings. The number of piperidine rings is 1. The Kier molecular flexibility index (Phi) is 8.18. The first-order chi connectivity index (χ1) is 16.1. The van der Waals surface area contributed by atoms with Crippen molar-refractivity contribution in [3.8, 4) is 5.75 Å². The van der Waals surface area contributed by atoms with Gasteiger partial charge < -0.3 is 14.5 Å². The van der Waals surface area contributed by atoms with Gasteiger partial charge in [-0.25, -0.2) is 4.98 Å². The summed E-state index contributed by atoms with van der Waals surface area (Å²) < 4.78 is 5.30. The van der Waals surface area contributed by atoms with E-state index in [9.17, 15) is 4.79 Å². The van der Waals surface area contributed by atoms with Crippen LogP contribution in [0.15, 0.2) is 48.7 Å². The Balaban J connectivity index is 1.21. The molecule has 4 rings (SSSR count). The predicted octanol–water partition coefficient (Wildman–Crippen LogP) is 2.58. The lowest BCUT2D eigenvalue weighted by molar-refractivity contribution is -0.132. The number of pyridine rings is 1. The van der Waals surface area contributed by atoms with Gasteiger partial charge in [-0.15, -0.1) is 0 Å². The van der Waals surface area contributed by atoms with Crippen LogP contribution in [0.4, 0.5) is 5.82 Å². The molecule has 0 saturated carbocycles. The standard InChI is InChI=1S/C26H37N5O2/c1-28(18-22-7-5-9-24(17-22)33-2)26(32)21-30-12-6-8-23(20-30)19-29-13-15-31(16-14-29)25-10-3-4-11-27-25/h3-5,7,9-11,17,23H,6,8,12-16,18-21H2,1-2H3. The van der Waals surface area contributed by atoms with Crippen LogP contribution in [0.1, 0.15) is 18.4 Å². The maximum atomic E-state index is 12.9. The third-order valence-corrected chi connectivity index (χ3v) is 6.80. The molecule has 1 aromatic carbocycles. The zero-order valence-electron chi connectivity index (χ0n) is 20.0. The number of hydrogen-bond acceptors (Lipinski definition) is 6. The smallest absolute Gasteiger partial charge is 0.236 e. The molecule has 0 spiro atoms. The monoisotopic (exact) mass is 451 g/mol. The van der Waals surface area contributed by atoms with Gasteiger partial charge in [0, 0.05) is 59.1 Å². The van der Waals surface area contributed by atoms with Crippen molar-refractivity contribution < 1.29 is 9.53 Å². The summed E-state index contributed by atoms with van der Waals surface area (Å²) in [5, 5.41) is 0. The Bertz CT molecular complexity index is 885. The van der Waals surface area contributed by atoms with Crippen LogP contribution in [0.3, 0.4) is 0 Å². The lowest BCUT2D eigenvalue weighted by Gasteiger charge is -2.39. The number of nitrogens with zero attached hydrogens (tertiary/aromatic N) is 5. The van der Waals surface area contributed by atoms with Crippen molar-refractivity contribution in [2.75, 3.05) is 71.4 Å². The van der Waals surface area contributed by atoms with E-state index in [1.165, 1.54) is 12.8 Å². The number of anilines is 1. The summed E-state index contributed by atoms with van der Waals surface area (Å²) in [7, 11) is 3.56. The molecule has 7 heteroatoms. The molecule has 0 radical (unpaired) electrons. The summed E-state index contributed by atoms with van der Waals surface area (Å²) in [5.41, 5.74) is 1.09. The number of aromatic nitrogens is 1. The van der Waals surface area contributed by atoms with Crippen LogP contribution in [0.5, 0.6) is 5.75 Å². The maximum absolute atomic E-state index is 12.9. The molecule has 0 aliphatic carbocycles. The van der Waals surface area contributed by atoms with E-state index < -0.39 is 0 Å². The fourth-order valence-electron chi connectivity index (χ4n) is 4.95. The molecule has 3 heterocycles. The van der Waals surface area contributed by atoms with Crippen molar-refractivity contribution in [3.63, 3.8) is 0 Å². The fraction of sp³-hybridized carbons (Fsp3) is 0.538. The van der Waals surface area contributed by atoms with E-state index in [4.69, 9.17) is 4.74 Å². The molecule has 2 aliphatic heterocycles. The molecule has 33 heavy (non-hydrogen) atoms. The Morgan fingerprint density at radius 1 is 1.09 bits per heavy atom. The Labute approximate surface area is 197 Å². The molecule has 7 nitrogen and oxygen atoms in total. The van der Waals surface area contributed by atoms with Crippen molar-refractivity contribution in [3.05, 3.63) is 54.2 Å². The van der Waals surface area contributed by atoms with Crippen molar-refractivity contribution in [1.82, 2.24) is 19.7 Å². The molecule has 1 amide bonds. The van der Waals surface area contributed by atoms with Gasteiger partial charge in [0.05, 0.1) is 13.7 Å². The summed E-state index contributed by atoms with van der Waals surface area (Å²) in [4.78, 5) is 26.5. The van der Waals surface area contributed by atoms with Gasteiger partial charge in [-0.05, 0) is 55.1 Å². The van der Waals surface area contributed by atoms with Gasteiger partial charge in [-0.3, -0.25) is 14.6 Å². The second kappa shape index (κ2) is 11.5. The van der Waals surface area contributed by atoms with E-state index in [2.05, 4.69) is 31.8 Å². The van der Waals surface area contributed by atoms with Crippen molar-refractivity contribution in [2.24, 2.45) is 5.92 Å². The van der Waals surface area contributed by atoms with Crippen LogP contribution in [0, 0.1) is 5.92 Å². The molecular formula is C26H37N5O2. The van der Waals surface area contributed by atoms with Crippen molar-refractivity contribution in [2.45, 2.75) is 19.4 Å². The first-order valence-corrected chi connectivity index (χ1v) is 12.1. The van der Waals surface area contributed by atoms with Crippen LogP contribution in [-0.2, 0) is 11.3 Å². The fourth-order valence-corrected chi connectivity index (χ4v) is 4.95. The van der Waals surface area contributed by atoms with Gasteiger partial charge in [0.1, 0.15) is 11.6 Å². The SMILES string of the molecule is COc1cccc(CN(C)C(=O)CN2CCCC(CN3CCN(c4ccccn4)CC3)C2)c1. The van der Waals surface area contributed by atoms with E-state index in [0.717, 1.165) is 62.9 Å². The topological polar surface area (TPSA) is 52.2 Å². The van der Waals surface area contributed by atoms with Crippen LogP contribution >= 0.6 is 0 Å². The minimum atomic E-state index is 0.183. The third-order valence-electron chi connectivity index (χ3n) is 6.80. The highest BCUT2D eigenvalue weighted by Gasteiger charge is 2.26. The first kappa shape index (κ1) is 23.5. The van der Waals surface area contributed by atoms with Crippen LogP contribution in [0.2, 0.25) is 0 Å². The summed E-state index contributed by atoms with van der Waals surface area (Å²) in [6, 6.07) is 14.0. The third kappa shape index (κ3) is 6.68. The average Bonchev–Trinajstić information content (AvgIpc) is 2.85. The second-order valence-electron chi connectivity index (χ2n) is 9.32. The number of rotatable bonds is 8. The van der Waals surface area contributed by atoms with E-state index >= 15 is 0 Å². The van der Waals surface area contributed by atoms with Crippen molar-refractivity contribution >= 4 is 11.7 Å². The number of piperazine rings is 1. The van der Waals surface area contributed by atoms with Gasteiger partial charge in [0.15, 0.2) is 0 Å². The van der Waals surface area contributed by atoms with E-state index in [-0.39, 0.29) is 5.91 Å². The number of ether oxygens (including phenoxy) is 1. The van der Waals surface area contributed by atoms with Crippen molar-refractivity contribution in [1.29, 1.82) is 0 Å². The highest BCUT2D eigenvalue weighted by molar-refractivity contribution is 5.78. The summed E-state index contributed by atoms with van der Waals surface area (Å²) in [6.45, 7) is 8.48. The van der Waals surface area contributed by atoms with Crippen LogP contribution in [-0.4, -0.2) is 92.1 Å². The Hall–Kier alpha value is -2.64. The highest BCUT2D eigenvalue weighted by Crippen LogP contribution is 2.20. The van der Waals surface area contributed by atoms with Gasteiger partial charge in [-0.2, -0.15) is 0 Å². The molecule has 178 valence electrons. The quantitative estimate of drug-likeness (QED) is 0.615. The normalized spacial score (nSPS) is 19.9. The second-order valence-corrected chi connectivity index (χ2v) is 9.32. The summed E-state index contributed by atoms with van der Waals surface area (Å²) in [6.07, 6.45) is 4.30. The maximum Gasteiger partial charge on any atom is 0.236 e. The predicted molar refractivity (Wildman–Crippen MR) is 132 cm³/mol. The highest BCUT2D eigenvalue weighted by atomic mass is 16.5. The summed E-state index contributed by atoms with van der Waals surface area (Å²) in [5.74, 6) is 2.73. The lowest BCUT2D eigenvalue weighted by atomic mass is 9.97. The molecule has 0 bridgehead atoms. The number of carbonyl (C=O) groups excluding carboxylic acids is 1. The van der Waals surface area contributed by atoms with Crippen LogP contribution < -0.4 is 9.64 Å². The largest absolute Gasteiger partial charge is 0.497 e. The van der Waals surface area contributed by atoms with E-state index in [0.29, 0.717) is 19.0 Å². The minimum Gasteiger partial charge on any atom is -0.497 e. The number of amides is 1. The Morgan fingerprint density at radius 2 is 1.94 bits per heavy atom. The zero-order valence-corrected chi connectivity index (χ0v) is 20.0. The molecule has 2 aromatic rings. The van der Waals surface area contributed by atoms with E-state index in [1.807, 2.05) is 48.5 Å². The number of likely N-dealkylation sites (tertiary alicyclic amines) is 1. The van der Waals surface area contributed by atoms with Gasteiger partial charge in [0.2, 0.25) is 5.91 Å². The number of methoxy groups -OCH3 is 1. The van der Waals surface area contributed by atoms with Gasteiger partial charge in [-0.1, -0.05) is 18.2 Å². The molecule has 1 aromatic heterocycles. The molecule has 1 unspecified atom stereocenters. The average molecular weight is 452 g/mol.